The molecule has 0 atom stereocenters. The van der Waals surface area contributed by atoms with E-state index in [0.717, 1.165) is 22.3 Å². The van der Waals surface area contributed by atoms with Crippen molar-refractivity contribution >= 4 is 18.1 Å². The molecular formula is C29H22O9. The maximum Gasteiger partial charge on any atom is 0.512 e. The van der Waals surface area contributed by atoms with Crippen LogP contribution >= 0.6 is 0 Å². The Balaban J connectivity index is 1.09. The van der Waals surface area contributed by atoms with Gasteiger partial charge in [-0.3, -0.25) is 9.78 Å². The molecule has 0 bridgehead atoms. The molecule has 0 spiro atoms. The van der Waals surface area contributed by atoms with Gasteiger partial charge in [-0.05, 0) is 46.5 Å². The average Bonchev–Trinajstić information content (AvgIpc) is 2.98. The Morgan fingerprint density at radius 3 is 1.16 bits per heavy atom. The third-order valence-corrected chi connectivity index (χ3v) is 5.17. The van der Waals surface area contributed by atoms with Gasteiger partial charge in [0.15, 0.2) is 0 Å². The van der Waals surface area contributed by atoms with Crippen LogP contribution in [0.3, 0.4) is 0 Å². The molecule has 0 fully saturated rings. The Bertz CT molecular complexity index is 1230. The Kier molecular flexibility index (Phi) is 9.17. The minimum atomic E-state index is -1.20. The predicted molar refractivity (Wildman–Crippen MR) is 134 cm³/mol. The molecule has 4 aromatic rings. The van der Waals surface area contributed by atoms with Crippen LogP contribution in [0.25, 0.3) is 22.3 Å². The summed E-state index contributed by atoms with van der Waals surface area (Å²) in [5.74, 6) is -1.54. The van der Waals surface area contributed by atoms with Crippen LogP contribution in [-0.4, -0.2) is 31.7 Å². The lowest BCUT2D eigenvalue weighted by Crippen LogP contribution is -2.15. The van der Waals surface area contributed by atoms with Crippen LogP contribution in [0.2, 0.25) is 0 Å². The van der Waals surface area contributed by atoms with Gasteiger partial charge in [0.25, 0.3) is 0 Å². The highest BCUT2D eigenvalue weighted by atomic mass is 17.2. The average molecular weight is 514 g/mol. The van der Waals surface area contributed by atoms with Gasteiger partial charge in [0.05, 0.1) is 11.1 Å². The molecule has 0 N–H and O–H groups in total. The predicted octanol–water partition coefficient (Wildman–Crippen LogP) is 5.97. The largest absolute Gasteiger partial charge is 0.512 e. The van der Waals surface area contributed by atoms with Gasteiger partial charge in [-0.1, -0.05) is 84.9 Å². The van der Waals surface area contributed by atoms with Crippen molar-refractivity contribution in [3.63, 3.8) is 0 Å². The molecule has 0 radical (unpaired) electrons. The third-order valence-electron chi connectivity index (χ3n) is 5.17. The summed E-state index contributed by atoms with van der Waals surface area (Å²) in [5, 5.41) is 0. The van der Waals surface area contributed by atoms with Crippen molar-refractivity contribution in [1.82, 2.24) is 0 Å². The van der Waals surface area contributed by atoms with E-state index in [-0.39, 0.29) is 11.1 Å². The number of ether oxygens (including phenoxy) is 2. The van der Waals surface area contributed by atoms with Crippen molar-refractivity contribution in [2.24, 2.45) is 0 Å². The first-order valence-corrected chi connectivity index (χ1v) is 11.4. The first-order chi connectivity index (χ1) is 18.6. The van der Waals surface area contributed by atoms with E-state index >= 15 is 0 Å². The molecule has 4 aromatic carbocycles. The number of benzene rings is 4. The van der Waals surface area contributed by atoms with E-state index in [4.69, 9.17) is 0 Å². The summed E-state index contributed by atoms with van der Waals surface area (Å²) >= 11 is 0. The number of hydrogen-bond acceptors (Lipinski definition) is 9. The third kappa shape index (κ3) is 7.50. The van der Waals surface area contributed by atoms with E-state index in [1.807, 2.05) is 60.7 Å². The van der Waals surface area contributed by atoms with Gasteiger partial charge in [-0.15, -0.1) is 9.78 Å². The van der Waals surface area contributed by atoms with Crippen molar-refractivity contribution in [2.75, 3.05) is 13.6 Å². The first kappa shape index (κ1) is 26.1. The van der Waals surface area contributed by atoms with E-state index in [9.17, 15) is 14.4 Å². The molecule has 0 unspecified atom stereocenters. The van der Waals surface area contributed by atoms with Gasteiger partial charge in [0.2, 0.25) is 13.6 Å². The van der Waals surface area contributed by atoms with Gasteiger partial charge in [-0.25, -0.2) is 14.4 Å². The maximum atomic E-state index is 12.0. The molecular weight excluding hydrogens is 492 g/mol. The maximum absolute atomic E-state index is 12.0. The Morgan fingerprint density at radius 2 is 0.789 bits per heavy atom. The molecule has 9 nitrogen and oxygen atoms in total. The molecule has 192 valence electrons. The second-order valence-corrected chi connectivity index (χ2v) is 7.64. The van der Waals surface area contributed by atoms with Gasteiger partial charge in [0, 0.05) is 0 Å². The number of rotatable bonds is 10. The molecule has 38 heavy (non-hydrogen) atoms. The van der Waals surface area contributed by atoms with Crippen molar-refractivity contribution in [3.05, 3.63) is 120 Å². The summed E-state index contributed by atoms with van der Waals surface area (Å²) in [6.45, 7) is -1.44. The second kappa shape index (κ2) is 13.4. The van der Waals surface area contributed by atoms with Gasteiger partial charge < -0.3 is 9.47 Å². The highest BCUT2D eigenvalue weighted by Gasteiger charge is 2.12. The lowest BCUT2D eigenvalue weighted by Gasteiger charge is -2.07. The Morgan fingerprint density at radius 1 is 0.447 bits per heavy atom. The van der Waals surface area contributed by atoms with E-state index in [2.05, 4.69) is 29.0 Å². The van der Waals surface area contributed by atoms with Crippen LogP contribution in [-0.2, 0) is 29.0 Å². The fourth-order valence-corrected chi connectivity index (χ4v) is 3.30. The fourth-order valence-electron chi connectivity index (χ4n) is 3.30. The first-order valence-electron chi connectivity index (χ1n) is 11.4. The summed E-state index contributed by atoms with van der Waals surface area (Å²) in [4.78, 5) is 53.9. The summed E-state index contributed by atoms with van der Waals surface area (Å²) in [7, 11) is 0. The molecule has 0 aliphatic heterocycles. The van der Waals surface area contributed by atoms with Crippen LogP contribution in [0, 0.1) is 0 Å². The van der Waals surface area contributed by atoms with Crippen LogP contribution in [0.5, 0.6) is 0 Å². The SMILES string of the molecule is O=C(OCOOC(=O)c1ccc(-c2ccccc2)cc1)OCOOC(=O)c1ccc(-c2ccccc2)cc1. The van der Waals surface area contributed by atoms with Gasteiger partial charge >= 0.3 is 18.1 Å². The van der Waals surface area contributed by atoms with Crippen molar-refractivity contribution < 1.29 is 43.4 Å². The van der Waals surface area contributed by atoms with Crippen LogP contribution < -0.4 is 0 Å². The van der Waals surface area contributed by atoms with Crippen molar-refractivity contribution in [2.45, 2.75) is 0 Å². The summed E-state index contributed by atoms with van der Waals surface area (Å²) in [6.07, 6.45) is -1.20. The van der Waals surface area contributed by atoms with Crippen LogP contribution in [0.1, 0.15) is 20.7 Å². The smallest absolute Gasteiger partial charge is 0.403 e. The van der Waals surface area contributed by atoms with Crippen LogP contribution in [0.4, 0.5) is 4.79 Å². The molecule has 4 rings (SSSR count). The number of carbonyl (C=O) groups excluding carboxylic acids is 3. The summed E-state index contributed by atoms with van der Waals surface area (Å²) in [5.41, 5.74) is 4.37. The Labute approximate surface area is 217 Å². The molecule has 0 aromatic heterocycles. The summed E-state index contributed by atoms with van der Waals surface area (Å²) in [6, 6.07) is 32.7. The number of carbonyl (C=O) groups is 3. The molecule has 0 aliphatic rings. The quantitative estimate of drug-likeness (QED) is 0.0832. The highest BCUT2D eigenvalue weighted by Crippen LogP contribution is 2.20. The topological polar surface area (TPSA) is 107 Å². The lowest BCUT2D eigenvalue weighted by molar-refractivity contribution is -0.297. The molecule has 0 saturated carbocycles. The molecule has 0 amide bonds. The fraction of sp³-hybridized carbons (Fsp3) is 0.0690. The molecule has 0 heterocycles. The zero-order valence-corrected chi connectivity index (χ0v) is 20.0. The molecule has 0 saturated heterocycles. The monoisotopic (exact) mass is 514 g/mol. The minimum absolute atomic E-state index is 0.247. The zero-order valence-electron chi connectivity index (χ0n) is 20.0. The van der Waals surface area contributed by atoms with Crippen molar-refractivity contribution in [3.8, 4) is 22.3 Å². The lowest BCUT2D eigenvalue weighted by atomic mass is 10.0. The molecule has 0 aliphatic carbocycles. The van der Waals surface area contributed by atoms with Gasteiger partial charge in [-0.2, -0.15) is 0 Å². The Hall–Kier alpha value is -4.99. The van der Waals surface area contributed by atoms with E-state index in [1.165, 1.54) is 0 Å². The van der Waals surface area contributed by atoms with E-state index < -0.39 is 31.7 Å². The minimum Gasteiger partial charge on any atom is -0.403 e. The van der Waals surface area contributed by atoms with E-state index in [0.29, 0.717) is 0 Å². The molecule has 9 heteroatoms. The summed E-state index contributed by atoms with van der Waals surface area (Å²) < 4.78 is 9.14. The number of hydrogen-bond donors (Lipinski definition) is 0. The highest BCUT2D eigenvalue weighted by molar-refractivity contribution is 5.90. The standard InChI is InChI=1S/C29H22O9/c30-27(25-15-11-23(12-16-25)21-7-3-1-4-8-21)37-35-19-33-29(32)34-20-36-38-28(31)26-17-13-24(14-18-26)22-9-5-2-6-10-22/h1-18H,19-20H2. The van der Waals surface area contributed by atoms with Gasteiger partial charge in [0.1, 0.15) is 0 Å². The zero-order chi connectivity index (χ0) is 26.6. The van der Waals surface area contributed by atoms with Crippen molar-refractivity contribution in [1.29, 1.82) is 0 Å². The normalized spacial score (nSPS) is 10.3. The second-order valence-electron chi connectivity index (χ2n) is 7.64. The van der Waals surface area contributed by atoms with Crippen LogP contribution in [0.15, 0.2) is 109 Å². The van der Waals surface area contributed by atoms with E-state index in [1.54, 1.807) is 48.5 Å².